The Labute approximate surface area is 148 Å². The number of aliphatic hydroxyl groups excluding tert-OH is 3. The number of aliphatic hydroxyl groups is 3. The molecule has 23 heavy (non-hydrogen) atoms. The van der Waals surface area contributed by atoms with Gasteiger partial charge in [-0.2, -0.15) is 25.3 Å². The van der Waals surface area contributed by atoms with Crippen molar-refractivity contribution in [3.05, 3.63) is 0 Å². The molecule has 0 fully saturated rings. The molecule has 0 atom stereocenters. The second-order valence-corrected chi connectivity index (χ2v) is 5.66. The predicted molar refractivity (Wildman–Crippen MR) is 95.4 cm³/mol. The maximum Gasteiger partial charge on any atom is 0.303 e. The van der Waals surface area contributed by atoms with Crippen LogP contribution in [0.4, 0.5) is 0 Å². The zero-order valence-corrected chi connectivity index (χ0v) is 15.3. The van der Waals surface area contributed by atoms with Crippen LogP contribution in [0.15, 0.2) is 0 Å². The largest absolute Gasteiger partial charge is 0.481 e. The Morgan fingerprint density at radius 2 is 1.13 bits per heavy atom. The molecule has 0 aliphatic heterocycles. The molecule has 0 rings (SSSR count). The number of carbonyl (C=O) groups is 2. The van der Waals surface area contributed by atoms with Gasteiger partial charge in [-0.3, -0.25) is 9.59 Å². The quantitative estimate of drug-likeness (QED) is 0.283. The molecule has 0 aliphatic rings. The average Bonchev–Trinajstić information content (AvgIpc) is 2.55. The molecule has 0 heterocycles. The van der Waals surface area contributed by atoms with Crippen molar-refractivity contribution in [3.63, 3.8) is 0 Å². The molecule has 0 radical (unpaired) electrons. The van der Waals surface area contributed by atoms with Gasteiger partial charge in [-0.15, -0.1) is 0 Å². The molecule has 0 aromatic carbocycles. The highest BCUT2D eigenvalue weighted by molar-refractivity contribution is 7.80. The van der Waals surface area contributed by atoms with Gasteiger partial charge in [-0.1, -0.05) is 6.92 Å². The van der Waals surface area contributed by atoms with Crippen molar-refractivity contribution in [1.29, 1.82) is 0 Å². The van der Waals surface area contributed by atoms with Crippen LogP contribution in [0.25, 0.3) is 0 Å². The summed E-state index contributed by atoms with van der Waals surface area (Å²) in [5.41, 5.74) is -0.667. The summed E-state index contributed by atoms with van der Waals surface area (Å²) < 4.78 is 0. The monoisotopic (exact) mass is 374 g/mol. The lowest BCUT2D eigenvalue weighted by Gasteiger charge is -2.24. The van der Waals surface area contributed by atoms with Crippen LogP contribution in [-0.4, -0.2) is 68.8 Å². The Bertz CT molecular complexity index is 249. The first-order chi connectivity index (χ1) is 10.8. The van der Waals surface area contributed by atoms with E-state index in [2.05, 4.69) is 25.3 Å². The van der Waals surface area contributed by atoms with Crippen molar-refractivity contribution >= 4 is 37.2 Å². The number of aliphatic carboxylic acids is 2. The van der Waals surface area contributed by atoms with E-state index in [9.17, 15) is 9.59 Å². The zero-order valence-electron chi connectivity index (χ0n) is 13.5. The Kier molecular flexibility index (Phi) is 23.3. The van der Waals surface area contributed by atoms with E-state index in [1.807, 2.05) is 6.92 Å². The van der Waals surface area contributed by atoms with Gasteiger partial charge < -0.3 is 25.5 Å². The van der Waals surface area contributed by atoms with Crippen LogP contribution in [-0.2, 0) is 9.59 Å². The summed E-state index contributed by atoms with van der Waals surface area (Å²) in [5, 5.41) is 42.0. The Balaban J connectivity index is -0.000000264. The molecule has 0 amide bonds. The van der Waals surface area contributed by atoms with Crippen LogP contribution in [0.2, 0.25) is 0 Å². The smallest absolute Gasteiger partial charge is 0.303 e. The molecule has 0 saturated heterocycles. The van der Waals surface area contributed by atoms with Gasteiger partial charge in [-0.25, -0.2) is 0 Å². The average molecular weight is 375 g/mol. The van der Waals surface area contributed by atoms with Crippen LogP contribution < -0.4 is 0 Å². The molecule has 0 spiro atoms. The fraction of sp³-hybridized carbons (Fsp3) is 0.857. The van der Waals surface area contributed by atoms with E-state index < -0.39 is 17.4 Å². The molecule has 0 aromatic heterocycles. The van der Waals surface area contributed by atoms with Gasteiger partial charge in [0.1, 0.15) is 0 Å². The lowest BCUT2D eigenvalue weighted by molar-refractivity contribution is -0.138. The Hall–Kier alpha value is -0.480. The molecule has 9 heteroatoms. The lowest BCUT2D eigenvalue weighted by atomic mass is 9.88. The summed E-state index contributed by atoms with van der Waals surface area (Å²) in [6, 6.07) is 0. The summed E-state index contributed by atoms with van der Waals surface area (Å²) >= 11 is 7.66. The third kappa shape index (κ3) is 21.5. The van der Waals surface area contributed by atoms with E-state index in [0.29, 0.717) is 30.8 Å². The van der Waals surface area contributed by atoms with Crippen molar-refractivity contribution < 1.29 is 35.1 Å². The number of carboxylic acids is 2. The number of carboxylic acid groups (broad SMARTS) is 2. The van der Waals surface area contributed by atoms with Gasteiger partial charge in [0.2, 0.25) is 0 Å². The van der Waals surface area contributed by atoms with E-state index in [0.717, 1.165) is 0 Å². The van der Waals surface area contributed by atoms with Crippen molar-refractivity contribution in [2.45, 2.75) is 39.0 Å². The van der Waals surface area contributed by atoms with Crippen molar-refractivity contribution in [3.8, 4) is 0 Å². The molecule has 140 valence electrons. The normalized spacial score (nSPS) is 10.0. The minimum atomic E-state index is -0.742. The number of rotatable bonds is 10. The molecular formula is C14H30O7S2. The predicted octanol–water partition coefficient (Wildman–Crippen LogP) is 0.922. The molecule has 5 N–H and O–H groups in total. The second-order valence-electron chi connectivity index (χ2n) is 4.77. The standard InChI is InChI=1S/C6H14O3.2C4H8O2S/c1-2-6(3-7,4-8)5-9;2*5-4(6)2-1-3-7/h7-9H,2-5H2,1H3;2*7H,1-3H2,(H,5,6). The first kappa shape index (κ1) is 27.4. The van der Waals surface area contributed by atoms with E-state index in [-0.39, 0.29) is 32.7 Å². The van der Waals surface area contributed by atoms with Gasteiger partial charge in [0.15, 0.2) is 0 Å². The summed E-state index contributed by atoms with van der Waals surface area (Å²) in [6.45, 7) is 1.35. The van der Waals surface area contributed by atoms with E-state index in [4.69, 9.17) is 25.5 Å². The minimum Gasteiger partial charge on any atom is -0.481 e. The first-order valence-electron chi connectivity index (χ1n) is 7.27. The van der Waals surface area contributed by atoms with Crippen molar-refractivity contribution in [2.75, 3.05) is 31.3 Å². The molecule has 0 unspecified atom stereocenters. The third-order valence-electron chi connectivity index (χ3n) is 2.85. The van der Waals surface area contributed by atoms with Gasteiger partial charge in [0, 0.05) is 18.3 Å². The maximum atomic E-state index is 9.72. The first-order valence-corrected chi connectivity index (χ1v) is 8.53. The SMILES string of the molecule is CCC(CO)(CO)CO.O=C(O)CCCS.O=C(O)CCCS. The maximum absolute atomic E-state index is 9.72. The molecule has 7 nitrogen and oxygen atoms in total. The summed E-state index contributed by atoms with van der Waals surface area (Å²) in [7, 11) is 0. The van der Waals surface area contributed by atoms with Crippen molar-refractivity contribution in [1.82, 2.24) is 0 Å². The van der Waals surface area contributed by atoms with Crippen molar-refractivity contribution in [2.24, 2.45) is 5.41 Å². The fourth-order valence-electron chi connectivity index (χ4n) is 0.946. The fourth-order valence-corrected chi connectivity index (χ4v) is 1.26. The van der Waals surface area contributed by atoms with Gasteiger partial charge in [0.05, 0.1) is 19.8 Å². The van der Waals surface area contributed by atoms with Gasteiger partial charge >= 0.3 is 11.9 Å². The van der Waals surface area contributed by atoms with E-state index in [1.54, 1.807) is 0 Å². The second kappa shape index (κ2) is 19.6. The lowest BCUT2D eigenvalue weighted by Crippen LogP contribution is -2.32. The minimum absolute atomic E-state index is 0.156. The number of hydrogen-bond donors (Lipinski definition) is 7. The van der Waals surface area contributed by atoms with Gasteiger partial charge in [0.25, 0.3) is 0 Å². The van der Waals surface area contributed by atoms with E-state index in [1.165, 1.54) is 0 Å². The highest BCUT2D eigenvalue weighted by Gasteiger charge is 2.24. The van der Waals surface area contributed by atoms with Crippen LogP contribution in [0, 0.1) is 5.41 Å². The highest BCUT2D eigenvalue weighted by Crippen LogP contribution is 2.18. The Morgan fingerprint density at radius 1 is 0.826 bits per heavy atom. The molecular weight excluding hydrogens is 344 g/mol. The summed E-state index contributed by atoms with van der Waals surface area (Å²) in [4.78, 5) is 19.4. The van der Waals surface area contributed by atoms with Crippen LogP contribution in [0.5, 0.6) is 0 Å². The number of hydrogen-bond acceptors (Lipinski definition) is 7. The van der Waals surface area contributed by atoms with Crippen LogP contribution in [0.3, 0.4) is 0 Å². The highest BCUT2D eigenvalue weighted by atomic mass is 32.1. The molecule has 0 aromatic rings. The zero-order chi connectivity index (χ0) is 18.7. The third-order valence-corrected chi connectivity index (χ3v) is 3.49. The molecule has 0 aliphatic carbocycles. The Morgan fingerprint density at radius 3 is 1.17 bits per heavy atom. The van der Waals surface area contributed by atoms with Gasteiger partial charge in [-0.05, 0) is 30.8 Å². The van der Waals surface area contributed by atoms with Crippen LogP contribution >= 0.6 is 25.3 Å². The topological polar surface area (TPSA) is 135 Å². The molecule has 0 bridgehead atoms. The molecule has 0 saturated carbocycles. The summed E-state index contributed by atoms with van der Waals surface area (Å²) in [5.74, 6) is -0.165. The number of thiol groups is 2. The van der Waals surface area contributed by atoms with E-state index >= 15 is 0 Å². The summed E-state index contributed by atoms with van der Waals surface area (Å²) in [6.07, 6.45) is 2.40. The van der Waals surface area contributed by atoms with Crippen LogP contribution in [0.1, 0.15) is 39.0 Å².